The summed E-state index contributed by atoms with van der Waals surface area (Å²) in [5.74, 6) is 0. The fourth-order valence-electron chi connectivity index (χ4n) is 2.01. The lowest BCUT2D eigenvalue weighted by molar-refractivity contribution is 0.0908. The molecule has 1 heterocycles. The molecule has 0 saturated carbocycles. The number of aliphatic hydroxyl groups is 1. The first kappa shape index (κ1) is 9.53. The molecule has 2 heteroatoms. The number of hydrogen-bond donors (Lipinski definition) is 1. The number of hydrogen-bond acceptors (Lipinski definition) is 2. The number of furan rings is 1. The van der Waals surface area contributed by atoms with E-state index in [4.69, 9.17) is 4.42 Å². The minimum Gasteiger partial charge on any atom is -0.472 e. The van der Waals surface area contributed by atoms with Crippen LogP contribution in [0.3, 0.4) is 0 Å². The van der Waals surface area contributed by atoms with Gasteiger partial charge in [-0.15, -0.1) is 0 Å². The zero-order valence-electron chi connectivity index (χ0n) is 8.49. The average Bonchev–Trinajstić information content (AvgIpc) is 2.72. The van der Waals surface area contributed by atoms with Crippen molar-refractivity contribution < 1.29 is 9.52 Å². The fraction of sp³-hybridized carbons (Fsp3) is 0.500. The summed E-state index contributed by atoms with van der Waals surface area (Å²) in [5.41, 5.74) is 1.14. The minimum absolute atomic E-state index is 0.840. The second-order valence-corrected chi connectivity index (χ2v) is 4.06. The maximum atomic E-state index is 10.4. The molecule has 1 unspecified atom stereocenters. The molecule has 0 aliphatic heterocycles. The Morgan fingerprint density at radius 2 is 2.29 bits per heavy atom. The van der Waals surface area contributed by atoms with E-state index in [0.717, 1.165) is 24.0 Å². The van der Waals surface area contributed by atoms with Crippen molar-refractivity contribution >= 4 is 0 Å². The van der Waals surface area contributed by atoms with Crippen molar-refractivity contribution in [3.8, 4) is 0 Å². The molecule has 14 heavy (non-hydrogen) atoms. The van der Waals surface area contributed by atoms with Crippen LogP contribution in [0.25, 0.3) is 0 Å². The third kappa shape index (κ3) is 1.62. The third-order valence-corrected chi connectivity index (χ3v) is 3.00. The van der Waals surface area contributed by atoms with Gasteiger partial charge in [-0.2, -0.15) is 0 Å². The molecular formula is C12H16O2. The summed E-state index contributed by atoms with van der Waals surface area (Å²) in [7, 11) is 0. The summed E-state index contributed by atoms with van der Waals surface area (Å²) in [6.45, 7) is 1.84. The van der Waals surface area contributed by atoms with Crippen molar-refractivity contribution in [3.05, 3.63) is 35.8 Å². The largest absolute Gasteiger partial charge is 0.472 e. The van der Waals surface area contributed by atoms with Crippen LogP contribution in [-0.4, -0.2) is 5.11 Å². The summed E-state index contributed by atoms with van der Waals surface area (Å²) < 4.78 is 5.00. The normalized spacial score (nSPS) is 21.4. The highest BCUT2D eigenvalue weighted by atomic mass is 16.3. The Morgan fingerprint density at radius 1 is 1.43 bits per heavy atom. The van der Waals surface area contributed by atoms with Crippen LogP contribution in [0.4, 0.5) is 0 Å². The molecule has 1 aromatic rings. The van der Waals surface area contributed by atoms with Gasteiger partial charge in [-0.05, 0) is 44.2 Å². The Morgan fingerprint density at radius 3 is 2.86 bits per heavy atom. The van der Waals surface area contributed by atoms with Crippen molar-refractivity contribution in [3.63, 3.8) is 0 Å². The van der Waals surface area contributed by atoms with Crippen LogP contribution < -0.4 is 0 Å². The van der Waals surface area contributed by atoms with Crippen molar-refractivity contribution in [1.29, 1.82) is 0 Å². The predicted molar refractivity (Wildman–Crippen MR) is 54.8 cm³/mol. The van der Waals surface area contributed by atoms with Crippen LogP contribution in [0.5, 0.6) is 0 Å². The Bertz CT molecular complexity index is 320. The average molecular weight is 192 g/mol. The monoisotopic (exact) mass is 192 g/mol. The summed E-state index contributed by atoms with van der Waals surface area (Å²) in [6.07, 6.45) is 9.89. The lowest BCUT2D eigenvalue weighted by Crippen LogP contribution is -2.24. The predicted octanol–water partition coefficient (Wildman–Crippen LogP) is 2.99. The van der Waals surface area contributed by atoms with Gasteiger partial charge in [-0.1, -0.05) is 6.08 Å². The van der Waals surface area contributed by atoms with E-state index in [9.17, 15) is 5.11 Å². The minimum atomic E-state index is -0.840. The molecule has 76 valence electrons. The van der Waals surface area contributed by atoms with Gasteiger partial charge in [0.1, 0.15) is 5.60 Å². The van der Waals surface area contributed by atoms with Gasteiger partial charge < -0.3 is 9.52 Å². The van der Waals surface area contributed by atoms with Crippen LogP contribution >= 0.6 is 0 Å². The molecule has 1 aliphatic rings. The molecule has 0 saturated heterocycles. The van der Waals surface area contributed by atoms with E-state index in [1.165, 1.54) is 12.8 Å². The van der Waals surface area contributed by atoms with Gasteiger partial charge in [0.15, 0.2) is 0 Å². The zero-order valence-corrected chi connectivity index (χ0v) is 8.49. The topological polar surface area (TPSA) is 33.4 Å². The first-order valence-corrected chi connectivity index (χ1v) is 5.16. The molecule has 1 atom stereocenters. The van der Waals surface area contributed by atoms with Crippen LogP contribution in [0.2, 0.25) is 0 Å². The van der Waals surface area contributed by atoms with Gasteiger partial charge in [0, 0.05) is 5.56 Å². The Hall–Kier alpha value is -1.02. The standard InChI is InChI=1S/C12H16O2/c1-12(13,11-7-8-14-9-11)10-5-3-2-4-6-10/h5,7-9,13H,2-4,6H2,1H3. The van der Waals surface area contributed by atoms with Gasteiger partial charge in [0.05, 0.1) is 12.5 Å². The van der Waals surface area contributed by atoms with E-state index in [2.05, 4.69) is 6.08 Å². The molecule has 2 nitrogen and oxygen atoms in total. The van der Waals surface area contributed by atoms with Crippen molar-refractivity contribution in [2.75, 3.05) is 0 Å². The van der Waals surface area contributed by atoms with Crippen LogP contribution in [0.15, 0.2) is 34.7 Å². The molecule has 0 spiro atoms. The van der Waals surface area contributed by atoms with Crippen LogP contribution in [-0.2, 0) is 5.60 Å². The van der Waals surface area contributed by atoms with E-state index >= 15 is 0 Å². The fourth-order valence-corrected chi connectivity index (χ4v) is 2.01. The number of allylic oxidation sites excluding steroid dienone is 1. The molecule has 0 radical (unpaired) electrons. The molecule has 0 aromatic carbocycles. The summed E-state index contributed by atoms with van der Waals surface area (Å²) in [4.78, 5) is 0. The second kappa shape index (κ2) is 3.62. The molecule has 0 fully saturated rings. The second-order valence-electron chi connectivity index (χ2n) is 4.06. The van der Waals surface area contributed by atoms with Crippen LogP contribution in [0, 0.1) is 0 Å². The molecular weight excluding hydrogens is 176 g/mol. The van der Waals surface area contributed by atoms with Gasteiger partial charge in [0.2, 0.25) is 0 Å². The highest BCUT2D eigenvalue weighted by Gasteiger charge is 2.29. The van der Waals surface area contributed by atoms with E-state index in [1.54, 1.807) is 12.5 Å². The van der Waals surface area contributed by atoms with Crippen molar-refractivity contribution in [1.82, 2.24) is 0 Å². The molecule has 0 bridgehead atoms. The van der Waals surface area contributed by atoms with Gasteiger partial charge in [-0.3, -0.25) is 0 Å². The third-order valence-electron chi connectivity index (χ3n) is 3.00. The molecule has 1 aliphatic carbocycles. The SMILES string of the molecule is CC(O)(C1=CCCCC1)c1ccoc1. The van der Waals surface area contributed by atoms with E-state index in [0.29, 0.717) is 0 Å². The molecule has 2 rings (SSSR count). The molecule has 1 aromatic heterocycles. The van der Waals surface area contributed by atoms with Gasteiger partial charge >= 0.3 is 0 Å². The zero-order chi connectivity index (χ0) is 10.0. The molecule has 1 N–H and O–H groups in total. The lowest BCUT2D eigenvalue weighted by atomic mass is 9.83. The first-order valence-electron chi connectivity index (χ1n) is 5.16. The Kier molecular flexibility index (Phi) is 2.46. The first-order chi connectivity index (χ1) is 6.71. The Labute approximate surface area is 84.2 Å². The van der Waals surface area contributed by atoms with E-state index in [-0.39, 0.29) is 0 Å². The highest BCUT2D eigenvalue weighted by molar-refractivity contribution is 5.29. The summed E-state index contributed by atoms with van der Waals surface area (Å²) in [5, 5.41) is 10.4. The highest BCUT2D eigenvalue weighted by Crippen LogP contribution is 2.35. The maximum Gasteiger partial charge on any atom is 0.111 e. The Balaban J connectivity index is 2.27. The smallest absolute Gasteiger partial charge is 0.111 e. The quantitative estimate of drug-likeness (QED) is 0.731. The van der Waals surface area contributed by atoms with Gasteiger partial charge in [-0.25, -0.2) is 0 Å². The van der Waals surface area contributed by atoms with Crippen LogP contribution in [0.1, 0.15) is 38.2 Å². The number of rotatable bonds is 2. The van der Waals surface area contributed by atoms with E-state index < -0.39 is 5.60 Å². The lowest BCUT2D eigenvalue weighted by Gasteiger charge is -2.28. The molecule has 0 amide bonds. The van der Waals surface area contributed by atoms with Gasteiger partial charge in [0.25, 0.3) is 0 Å². The summed E-state index contributed by atoms with van der Waals surface area (Å²) in [6, 6.07) is 1.83. The summed E-state index contributed by atoms with van der Waals surface area (Å²) >= 11 is 0. The van der Waals surface area contributed by atoms with Crippen molar-refractivity contribution in [2.24, 2.45) is 0 Å². The maximum absolute atomic E-state index is 10.4. The van der Waals surface area contributed by atoms with E-state index in [1.807, 2.05) is 13.0 Å². The van der Waals surface area contributed by atoms with Crippen molar-refractivity contribution in [2.45, 2.75) is 38.2 Å².